The minimum absolute atomic E-state index is 0. The lowest BCUT2D eigenvalue weighted by Crippen LogP contribution is -2.51. The molecule has 0 amide bonds. The molecule has 0 spiro atoms. The lowest BCUT2D eigenvalue weighted by molar-refractivity contribution is -0.385. The second-order valence-electron chi connectivity index (χ2n) is 5.78. The highest BCUT2D eigenvalue weighted by Gasteiger charge is 2.29. The van der Waals surface area contributed by atoms with E-state index in [1.54, 1.807) is 13.8 Å². The molecule has 130 valence electrons. The van der Waals surface area contributed by atoms with Gasteiger partial charge in [-0.25, -0.2) is 13.1 Å². The van der Waals surface area contributed by atoms with Crippen molar-refractivity contribution in [2.24, 2.45) is 0 Å². The number of halogens is 1. The Labute approximate surface area is 142 Å². The lowest BCUT2D eigenvalue weighted by Gasteiger charge is -2.30. The number of nitro groups is 1. The van der Waals surface area contributed by atoms with Crippen molar-refractivity contribution in [2.45, 2.75) is 50.6 Å². The van der Waals surface area contributed by atoms with Crippen molar-refractivity contribution in [3.05, 3.63) is 33.4 Å². The van der Waals surface area contributed by atoms with Crippen LogP contribution in [0.25, 0.3) is 0 Å². The lowest BCUT2D eigenvalue weighted by atomic mass is 10.0. The summed E-state index contributed by atoms with van der Waals surface area (Å²) in [4.78, 5) is 10.5. The molecule has 1 aliphatic rings. The summed E-state index contributed by atoms with van der Waals surface area (Å²) < 4.78 is 28.1. The van der Waals surface area contributed by atoms with Gasteiger partial charge in [-0.15, -0.1) is 12.4 Å². The summed E-state index contributed by atoms with van der Waals surface area (Å²) in [6, 6.07) is 2.48. The van der Waals surface area contributed by atoms with Crippen molar-refractivity contribution in [3.63, 3.8) is 0 Å². The van der Waals surface area contributed by atoms with Gasteiger partial charge in [-0.05, 0) is 51.3 Å². The quantitative estimate of drug-likeness (QED) is 0.629. The highest BCUT2D eigenvalue weighted by Crippen LogP contribution is 2.26. The van der Waals surface area contributed by atoms with Gasteiger partial charge in [0.1, 0.15) is 0 Å². The fraction of sp³-hybridized carbons (Fsp3) is 0.571. The third-order valence-corrected chi connectivity index (χ3v) is 5.79. The maximum atomic E-state index is 12.7. The van der Waals surface area contributed by atoms with Gasteiger partial charge in [-0.2, -0.15) is 0 Å². The van der Waals surface area contributed by atoms with Gasteiger partial charge in [-0.1, -0.05) is 0 Å². The standard InChI is InChI=1S/C14H21N3O4S.ClH/c1-9-7-12(17(18)19)8-10(2)14(9)22(20,21)16-13-5-4-6-15-11(13)3;/h7-8,11,13,15-16H,4-6H2,1-3H3;1H. The van der Waals surface area contributed by atoms with Crippen LogP contribution in [-0.2, 0) is 10.0 Å². The molecule has 1 fully saturated rings. The van der Waals surface area contributed by atoms with Gasteiger partial charge in [0, 0.05) is 24.2 Å². The first-order valence-electron chi connectivity index (χ1n) is 7.23. The molecule has 0 aliphatic carbocycles. The van der Waals surface area contributed by atoms with Crippen LogP contribution in [-0.4, -0.2) is 32.0 Å². The molecule has 0 bridgehead atoms. The van der Waals surface area contributed by atoms with Crippen LogP contribution in [0.15, 0.2) is 17.0 Å². The van der Waals surface area contributed by atoms with E-state index < -0.39 is 14.9 Å². The molecule has 2 N–H and O–H groups in total. The minimum Gasteiger partial charge on any atom is -0.313 e. The fourth-order valence-corrected chi connectivity index (χ4v) is 4.72. The molecule has 2 rings (SSSR count). The molecule has 7 nitrogen and oxygen atoms in total. The summed E-state index contributed by atoms with van der Waals surface area (Å²) in [5, 5.41) is 14.1. The SMILES string of the molecule is Cc1cc([N+](=O)[O-])cc(C)c1S(=O)(=O)NC1CCCNC1C.Cl. The van der Waals surface area contributed by atoms with Gasteiger partial charge in [0.15, 0.2) is 0 Å². The summed E-state index contributed by atoms with van der Waals surface area (Å²) in [6.45, 7) is 5.99. The molecule has 2 unspecified atom stereocenters. The number of nitrogens with zero attached hydrogens (tertiary/aromatic N) is 1. The summed E-state index contributed by atoms with van der Waals surface area (Å²) in [5.74, 6) is 0. The van der Waals surface area contributed by atoms with E-state index in [0.717, 1.165) is 19.4 Å². The Hall–Kier alpha value is -1.22. The van der Waals surface area contributed by atoms with Crippen molar-refractivity contribution >= 4 is 28.1 Å². The number of aryl methyl sites for hydroxylation is 2. The Morgan fingerprint density at radius 3 is 2.35 bits per heavy atom. The second kappa shape index (κ2) is 7.57. The number of sulfonamides is 1. The van der Waals surface area contributed by atoms with Crippen LogP contribution >= 0.6 is 12.4 Å². The molecule has 1 aliphatic heterocycles. The predicted octanol–water partition coefficient (Wildman–Crippen LogP) is 2.05. The Balaban J connectivity index is 0.00000264. The average Bonchev–Trinajstić information content (AvgIpc) is 2.39. The van der Waals surface area contributed by atoms with E-state index in [0.29, 0.717) is 11.1 Å². The molecule has 1 aromatic carbocycles. The predicted molar refractivity (Wildman–Crippen MR) is 90.6 cm³/mol. The summed E-state index contributed by atoms with van der Waals surface area (Å²) in [7, 11) is -3.71. The number of rotatable bonds is 4. The van der Waals surface area contributed by atoms with Gasteiger partial charge in [-0.3, -0.25) is 10.1 Å². The Bertz CT molecular complexity index is 670. The van der Waals surface area contributed by atoms with Crippen molar-refractivity contribution < 1.29 is 13.3 Å². The van der Waals surface area contributed by atoms with Crippen LogP contribution in [0.4, 0.5) is 5.69 Å². The molecule has 23 heavy (non-hydrogen) atoms. The molecule has 0 aromatic heterocycles. The molecule has 9 heteroatoms. The summed E-state index contributed by atoms with van der Waals surface area (Å²) in [5.41, 5.74) is 0.674. The van der Waals surface area contributed by atoms with E-state index in [-0.39, 0.29) is 35.1 Å². The average molecular weight is 364 g/mol. The Morgan fingerprint density at radius 1 is 1.30 bits per heavy atom. The van der Waals surface area contributed by atoms with E-state index in [9.17, 15) is 18.5 Å². The molecule has 1 saturated heterocycles. The van der Waals surface area contributed by atoms with E-state index in [1.807, 2.05) is 6.92 Å². The van der Waals surface area contributed by atoms with E-state index in [2.05, 4.69) is 10.0 Å². The van der Waals surface area contributed by atoms with Crippen LogP contribution in [0.2, 0.25) is 0 Å². The molecule has 0 radical (unpaired) electrons. The third kappa shape index (κ3) is 4.41. The van der Waals surface area contributed by atoms with E-state index in [4.69, 9.17) is 0 Å². The van der Waals surface area contributed by atoms with Crippen molar-refractivity contribution in [3.8, 4) is 0 Å². The summed E-state index contributed by atoms with van der Waals surface area (Å²) >= 11 is 0. The zero-order valence-corrected chi connectivity index (χ0v) is 15.0. The topological polar surface area (TPSA) is 101 Å². The number of hydrogen-bond acceptors (Lipinski definition) is 5. The van der Waals surface area contributed by atoms with E-state index >= 15 is 0 Å². The number of hydrogen-bond donors (Lipinski definition) is 2. The highest BCUT2D eigenvalue weighted by molar-refractivity contribution is 7.89. The maximum absolute atomic E-state index is 12.7. The molecule has 1 heterocycles. The first-order chi connectivity index (χ1) is 10.2. The third-order valence-electron chi connectivity index (χ3n) is 3.99. The van der Waals surface area contributed by atoms with Crippen molar-refractivity contribution in [1.29, 1.82) is 0 Å². The summed E-state index contributed by atoms with van der Waals surface area (Å²) in [6.07, 6.45) is 1.69. The largest absolute Gasteiger partial charge is 0.313 e. The van der Waals surface area contributed by atoms with Gasteiger partial charge in [0.25, 0.3) is 5.69 Å². The number of piperidine rings is 1. The normalized spacial score (nSPS) is 21.5. The first-order valence-corrected chi connectivity index (χ1v) is 8.72. The molecular weight excluding hydrogens is 342 g/mol. The van der Waals surface area contributed by atoms with Crippen molar-refractivity contribution in [2.75, 3.05) is 6.54 Å². The zero-order chi connectivity index (χ0) is 16.5. The monoisotopic (exact) mass is 363 g/mol. The number of benzene rings is 1. The second-order valence-corrected chi connectivity index (χ2v) is 7.43. The first kappa shape index (κ1) is 19.8. The molecule has 1 aromatic rings. The van der Waals surface area contributed by atoms with Gasteiger partial charge in [0.05, 0.1) is 9.82 Å². The molecule has 2 atom stereocenters. The molecular formula is C14H22ClN3O4S. The number of non-ortho nitro benzene ring substituents is 1. The zero-order valence-electron chi connectivity index (χ0n) is 13.3. The fourth-order valence-electron chi connectivity index (χ4n) is 2.92. The van der Waals surface area contributed by atoms with Gasteiger partial charge in [0.2, 0.25) is 10.0 Å². The van der Waals surface area contributed by atoms with E-state index in [1.165, 1.54) is 12.1 Å². The van der Waals surface area contributed by atoms with Crippen LogP contribution in [0, 0.1) is 24.0 Å². The van der Waals surface area contributed by atoms with Crippen LogP contribution < -0.4 is 10.0 Å². The maximum Gasteiger partial charge on any atom is 0.270 e. The number of nitro benzene ring substituents is 1. The van der Waals surface area contributed by atoms with Gasteiger partial charge >= 0.3 is 0 Å². The van der Waals surface area contributed by atoms with Crippen LogP contribution in [0.1, 0.15) is 30.9 Å². The number of nitrogens with one attached hydrogen (secondary N) is 2. The van der Waals surface area contributed by atoms with Crippen LogP contribution in [0.3, 0.4) is 0 Å². The van der Waals surface area contributed by atoms with Gasteiger partial charge < -0.3 is 5.32 Å². The van der Waals surface area contributed by atoms with Crippen LogP contribution in [0.5, 0.6) is 0 Å². The highest BCUT2D eigenvalue weighted by atomic mass is 35.5. The minimum atomic E-state index is -3.71. The molecule has 0 saturated carbocycles. The smallest absolute Gasteiger partial charge is 0.270 e. The van der Waals surface area contributed by atoms with Crippen molar-refractivity contribution in [1.82, 2.24) is 10.0 Å². The Kier molecular flexibility index (Phi) is 6.52. The Morgan fingerprint density at radius 2 is 1.87 bits per heavy atom.